The van der Waals surface area contributed by atoms with Crippen molar-refractivity contribution in [3.63, 3.8) is 0 Å². The number of carbonyl (C=O) groups is 1. The molecule has 2 fully saturated rings. The standard InChI is InChI=1S/C26H31N5O2/c1-19-18-28-25(33-19)20-7-9-22(10-8-20)31-12-4-5-21(26(31)32)17-23-24(6-3-11-27-23)30-15-13-29(2)14-16-30/h3,6-11,18,21H,4-5,12-17H2,1-2H3. The van der Waals surface area contributed by atoms with Gasteiger partial charge in [-0.05, 0) is 63.2 Å². The summed E-state index contributed by atoms with van der Waals surface area (Å²) < 4.78 is 5.62. The Labute approximate surface area is 195 Å². The normalized spacial score (nSPS) is 19.8. The minimum Gasteiger partial charge on any atom is -0.441 e. The molecular weight excluding hydrogens is 414 g/mol. The van der Waals surface area contributed by atoms with Crippen molar-refractivity contribution >= 4 is 17.3 Å². The van der Waals surface area contributed by atoms with Crippen molar-refractivity contribution in [1.29, 1.82) is 0 Å². The van der Waals surface area contributed by atoms with E-state index in [2.05, 4.69) is 27.9 Å². The first-order chi connectivity index (χ1) is 16.1. The van der Waals surface area contributed by atoms with Gasteiger partial charge in [-0.25, -0.2) is 4.98 Å². The average molecular weight is 446 g/mol. The van der Waals surface area contributed by atoms with E-state index in [9.17, 15) is 4.79 Å². The van der Waals surface area contributed by atoms with Crippen LogP contribution < -0.4 is 9.80 Å². The first-order valence-electron chi connectivity index (χ1n) is 11.8. The fourth-order valence-electron chi connectivity index (χ4n) is 4.82. The molecule has 33 heavy (non-hydrogen) atoms. The molecule has 0 aliphatic carbocycles. The Balaban J connectivity index is 1.31. The van der Waals surface area contributed by atoms with Crippen LogP contribution >= 0.6 is 0 Å². The number of oxazole rings is 1. The van der Waals surface area contributed by atoms with Gasteiger partial charge in [0.25, 0.3) is 0 Å². The molecule has 7 nitrogen and oxygen atoms in total. The lowest BCUT2D eigenvalue weighted by Crippen LogP contribution is -2.45. The average Bonchev–Trinajstić information content (AvgIpc) is 3.28. The molecule has 1 aromatic carbocycles. The number of carbonyl (C=O) groups excluding carboxylic acids is 1. The van der Waals surface area contributed by atoms with Crippen LogP contribution in [0.5, 0.6) is 0 Å². The van der Waals surface area contributed by atoms with Crippen molar-refractivity contribution in [3.05, 3.63) is 60.2 Å². The number of pyridine rings is 1. The van der Waals surface area contributed by atoms with Crippen molar-refractivity contribution in [1.82, 2.24) is 14.9 Å². The molecule has 2 aliphatic rings. The minimum absolute atomic E-state index is 0.0473. The van der Waals surface area contributed by atoms with Crippen molar-refractivity contribution in [2.45, 2.75) is 26.2 Å². The Bertz CT molecular complexity index is 1100. The van der Waals surface area contributed by atoms with Crippen LogP contribution in [0.4, 0.5) is 11.4 Å². The van der Waals surface area contributed by atoms with Crippen LogP contribution in [0.1, 0.15) is 24.3 Å². The summed E-state index contributed by atoms with van der Waals surface area (Å²) in [5.74, 6) is 1.53. The van der Waals surface area contributed by atoms with E-state index in [1.54, 1.807) is 6.20 Å². The van der Waals surface area contributed by atoms with E-state index in [4.69, 9.17) is 9.40 Å². The topological polar surface area (TPSA) is 65.7 Å². The number of hydrogen-bond donors (Lipinski definition) is 0. The predicted molar refractivity (Wildman–Crippen MR) is 129 cm³/mol. The van der Waals surface area contributed by atoms with Gasteiger partial charge in [0, 0.05) is 62.5 Å². The largest absolute Gasteiger partial charge is 0.441 e. The Morgan fingerprint density at radius 3 is 2.55 bits per heavy atom. The fourth-order valence-corrected chi connectivity index (χ4v) is 4.82. The maximum Gasteiger partial charge on any atom is 0.230 e. The van der Waals surface area contributed by atoms with Gasteiger partial charge in [-0.3, -0.25) is 9.78 Å². The van der Waals surface area contributed by atoms with Gasteiger partial charge in [0.1, 0.15) is 5.76 Å². The number of aryl methyl sites for hydroxylation is 1. The number of anilines is 2. The van der Waals surface area contributed by atoms with Gasteiger partial charge in [0.15, 0.2) is 0 Å². The molecule has 0 radical (unpaired) electrons. The van der Waals surface area contributed by atoms with Crippen LogP contribution in [0.2, 0.25) is 0 Å². The highest BCUT2D eigenvalue weighted by Crippen LogP contribution is 2.31. The lowest BCUT2D eigenvalue weighted by atomic mass is 9.91. The number of rotatable bonds is 5. The number of benzene rings is 1. The van der Waals surface area contributed by atoms with Crippen LogP contribution in [0.3, 0.4) is 0 Å². The van der Waals surface area contributed by atoms with Crippen molar-refractivity contribution < 1.29 is 9.21 Å². The van der Waals surface area contributed by atoms with Gasteiger partial charge >= 0.3 is 0 Å². The van der Waals surface area contributed by atoms with Gasteiger partial charge in [-0.15, -0.1) is 0 Å². The molecule has 1 atom stereocenters. The van der Waals surface area contributed by atoms with Crippen molar-refractivity contribution in [2.75, 3.05) is 49.6 Å². The summed E-state index contributed by atoms with van der Waals surface area (Å²) in [5, 5.41) is 0. The second kappa shape index (κ2) is 9.35. The molecule has 2 aliphatic heterocycles. The number of likely N-dealkylation sites (N-methyl/N-ethyl adjacent to an activating group) is 1. The number of aromatic nitrogens is 2. The maximum atomic E-state index is 13.5. The summed E-state index contributed by atoms with van der Waals surface area (Å²) in [7, 11) is 2.16. The highest BCUT2D eigenvalue weighted by atomic mass is 16.4. The lowest BCUT2D eigenvalue weighted by molar-refractivity contribution is -0.123. The zero-order chi connectivity index (χ0) is 22.8. The molecule has 1 amide bonds. The van der Waals surface area contributed by atoms with E-state index >= 15 is 0 Å². The molecule has 2 saturated heterocycles. The smallest absolute Gasteiger partial charge is 0.230 e. The third-order valence-corrected chi connectivity index (χ3v) is 6.75. The van der Waals surface area contributed by atoms with Gasteiger partial charge in [-0.1, -0.05) is 0 Å². The Hall–Kier alpha value is -3.19. The highest BCUT2D eigenvalue weighted by molar-refractivity contribution is 5.96. The summed E-state index contributed by atoms with van der Waals surface area (Å²) in [4.78, 5) is 29.2. The number of nitrogens with zero attached hydrogens (tertiary/aromatic N) is 5. The first kappa shape index (κ1) is 21.6. The fraction of sp³-hybridized carbons (Fsp3) is 0.423. The number of hydrogen-bond acceptors (Lipinski definition) is 6. The van der Waals surface area contributed by atoms with Gasteiger partial charge in [0.05, 0.1) is 17.6 Å². The summed E-state index contributed by atoms with van der Waals surface area (Å²) in [5.41, 5.74) is 4.06. The number of piperazine rings is 1. The quantitative estimate of drug-likeness (QED) is 0.596. The Kier molecular flexibility index (Phi) is 6.13. The van der Waals surface area contributed by atoms with Crippen LogP contribution in [-0.4, -0.2) is 60.5 Å². The number of piperidine rings is 1. The van der Waals surface area contributed by atoms with E-state index < -0.39 is 0 Å². The molecule has 0 spiro atoms. The molecule has 2 aromatic heterocycles. The van der Waals surface area contributed by atoms with Gasteiger partial charge in [0.2, 0.25) is 11.8 Å². The number of amides is 1. The molecule has 0 N–H and O–H groups in total. The molecular formula is C26H31N5O2. The summed E-state index contributed by atoms with van der Waals surface area (Å²) in [6.07, 6.45) is 6.15. The summed E-state index contributed by atoms with van der Waals surface area (Å²) >= 11 is 0. The van der Waals surface area contributed by atoms with E-state index in [1.165, 1.54) is 5.69 Å². The van der Waals surface area contributed by atoms with E-state index in [0.717, 1.165) is 68.3 Å². The molecule has 5 rings (SSSR count). The minimum atomic E-state index is -0.0473. The van der Waals surface area contributed by atoms with E-state index in [1.807, 2.05) is 48.4 Å². The highest BCUT2D eigenvalue weighted by Gasteiger charge is 2.31. The van der Waals surface area contributed by atoms with Crippen LogP contribution in [0.25, 0.3) is 11.5 Å². The molecule has 0 saturated carbocycles. The van der Waals surface area contributed by atoms with E-state index in [0.29, 0.717) is 12.3 Å². The molecule has 3 aromatic rings. The molecule has 1 unspecified atom stereocenters. The molecule has 7 heteroatoms. The third kappa shape index (κ3) is 4.64. The zero-order valence-electron chi connectivity index (χ0n) is 19.4. The second-order valence-corrected chi connectivity index (χ2v) is 9.12. The van der Waals surface area contributed by atoms with Crippen LogP contribution in [0.15, 0.2) is 53.2 Å². The Morgan fingerprint density at radius 1 is 1.03 bits per heavy atom. The lowest BCUT2D eigenvalue weighted by Gasteiger charge is -2.36. The summed E-state index contributed by atoms with van der Waals surface area (Å²) in [6, 6.07) is 12.1. The Morgan fingerprint density at radius 2 is 1.82 bits per heavy atom. The van der Waals surface area contributed by atoms with Crippen LogP contribution in [-0.2, 0) is 11.2 Å². The van der Waals surface area contributed by atoms with Crippen LogP contribution in [0, 0.1) is 12.8 Å². The van der Waals surface area contributed by atoms with Crippen molar-refractivity contribution in [2.24, 2.45) is 5.92 Å². The van der Waals surface area contributed by atoms with Crippen molar-refractivity contribution in [3.8, 4) is 11.5 Å². The van der Waals surface area contributed by atoms with Gasteiger partial charge < -0.3 is 19.1 Å². The zero-order valence-corrected chi connectivity index (χ0v) is 19.4. The summed E-state index contributed by atoms with van der Waals surface area (Å²) in [6.45, 7) is 6.72. The predicted octanol–water partition coefficient (Wildman–Crippen LogP) is 3.78. The first-order valence-corrected chi connectivity index (χ1v) is 11.8. The molecule has 4 heterocycles. The monoisotopic (exact) mass is 445 g/mol. The third-order valence-electron chi connectivity index (χ3n) is 6.75. The molecule has 0 bridgehead atoms. The maximum absolute atomic E-state index is 13.5. The van der Waals surface area contributed by atoms with E-state index in [-0.39, 0.29) is 11.8 Å². The molecule has 172 valence electrons. The van der Waals surface area contributed by atoms with Gasteiger partial charge in [-0.2, -0.15) is 0 Å². The SMILES string of the molecule is Cc1cnc(-c2ccc(N3CCCC(Cc4ncccc4N4CCN(C)CC4)C3=O)cc2)o1. The second-order valence-electron chi connectivity index (χ2n) is 9.12.